The van der Waals surface area contributed by atoms with Gasteiger partial charge in [0.25, 0.3) is 0 Å². The summed E-state index contributed by atoms with van der Waals surface area (Å²) in [5, 5.41) is 0. The molecule has 6 heteroatoms. The predicted molar refractivity (Wildman–Crippen MR) is 68.7 cm³/mol. The topological polar surface area (TPSA) is 71.1 Å². The van der Waals surface area contributed by atoms with Crippen molar-refractivity contribution in [1.82, 2.24) is 0 Å². The molecular formula is C13H24O6. The van der Waals surface area contributed by atoms with Crippen LogP contribution in [0.15, 0.2) is 0 Å². The lowest BCUT2D eigenvalue weighted by molar-refractivity contribution is -0.162. The molecule has 0 bridgehead atoms. The van der Waals surface area contributed by atoms with Crippen LogP contribution in [0.3, 0.4) is 0 Å². The van der Waals surface area contributed by atoms with Gasteiger partial charge in [0.1, 0.15) is 0 Å². The average Bonchev–Trinajstić information content (AvgIpc) is 2.38. The minimum Gasteiger partial charge on any atom is -0.465 e. The van der Waals surface area contributed by atoms with Gasteiger partial charge in [-0.1, -0.05) is 0 Å². The van der Waals surface area contributed by atoms with Crippen LogP contribution < -0.4 is 0 Å². The van der Waals surface area contributed by atoms with Gasteiger partial charge in [0.05, 0.1) is 26.4 Å². The van der Waals surface area contributed by atoms with E-state index in [4.69, 9.17) is 18.9 Å². The van der Waals surface area contributed by atoms with Crippen molar-refractivity contribution in [2.24, 2.45) is 5.92 Å². The Labute approximate surface area is 114 Å². The number of carbonyl (C=O) groups excluding carboxylic acids is 2. The molecule has 0 rings (SSSR count). The highest BCUT2D eigenvalue weighted by molar-refractivity contribution is 5.94. The van der Waals surface area contributed by atoms with E-state index >= 15 is 0 Å². The third kappa shape index (κ3) is 8.56. The van der Waals surface area contributed by atoms with Crippen molar-refractivity contribution in [1.29, 1.82) is 0 Å². The molecule has 19 heavy (non-hydrogen) atoms. The van der Waals surface area contributed by atoms with Crippen molar-refractivity contribution < 1.29 is 28.5 Å². The second-order valence-electron chi connectivity index (χ2n) is 3.65. The van der Waals surface area contributed by atoms with Crippen LogP contribution in [0.25, 0.3) is 0 Å². The largest absolute Gasteiger partial charge is 0.465 e. The summed E-state index contributed by atoms with van der Waals surface area (Å²) >= 11 is 0. The SMILES string of the molecule is CCOCCOCCC(C(=O)OCC)C(=O)OCC. The second kappa shape index (κ2) is 11.9. The number of rotatable bonds is 11. The van der Waals surface area contributed by atoms with Crippen molar-refractivity contribution in [2.45, 2.75) is 27.2 Å². The van der Waals surface area contributed by atoms with Crippen LogP contribution in [0, 0.1) is 5.92 Å². The lowest BCUT2D eigenvalue weighted by atomic mass is 10.1. The van der Waals surface area contributed by atoms with E-state index in [1.807, 2.05) is 6.92 Å². The van der Waals surface area contributed by atoms with E-state index in [0.717, 1.165) is 0 Å². The number of carbonyl (C=O) groups is 2. The number of hydrogen-bond donors (Lipinski definition) is 0. The van der Waals surface area contributed by atoms with Gasteiger partial charge >= 0.3 is 11.9 Å². The summed E-state index contributed by atoms with van der Waals surface area (Å²) in [5.74, 6) is -2.03. The molecule has 0 heterocycles. The van der Waals surface area contributed by atoms with Gasteiger partial charge < -0.3 is 18.9 Å². The molecule has 6 nitrogen and oxygen atoms in total. The van der Waals surface area contributed by atoms with Crippen molar-refractivity contribution in [3.63, 3.8) is 0 Å². The molecule has 0 aromatic carbocycles. The molecule has 0 fully saturated rings. The zero-order valence-electron chi connectivity index (χ0n) is 12.0. The Hall–Kier alpha value is -1.14. The molecule has 0 radical (unpaired) electrons. The highest BCUT2D eigenvalue weighted by Crippen LogP contribution is 2.09. The molecule has 0 N–H and O–H groups in total. The molecule has 0 aliphatic carbocycles. The van der Waals surface area contributed by atoms with Crippen LogP contribution in [0.4, 0.5) is 0 Å². The van der Waals surface area contributed by atoms with Crippen LogP contribution in [0.2, 0.25) is 0 Å². The molecule has 0 aliphatic rings. The molecule has 0 unspecified atom stereocenters. The van der Waals surface area contributed by atoms with E-state index in [9.17, 15) is 9.59 Å². The van der Waals surface area contributed by atoms with Crippen molar-refractivity contribution in [3.05, 3.63) is 0 Å². The maximum absolute atomic E-state index is 11.6. The number of ether oxygens (including phenoxy) is 4. The Balaban J connectivity index is 4.05. The van der Waals surface area contributed by atoms with Crippen LogP contribution in [0.1, 0.15) is 27.2 Å². The minimum atomic E-state index is -0.910. The van der Waals surface area contributed by atoms with Crippen LogP contribution in [0.5, 0.6) is 0 Å². The van der Waals surface area contributed by atoms with Crippen molar-refractivity contribution in [2.75, 3.05) is 39.6 Å². The second-order valence-corrected chi connectivity index (χ2v) is 3.65. The normalized spacial score (nSPS) is 10.5. The highest BCUT2D eigenvalue weighted by Gasteiger charge is 2.29. The Morgan fingerprint density at radius 2 is 1.32 bits per heavy atom. The predicted octanol–water partition coefficient (Wildman–Crippen LogP) is 1.17. The van der Waals surface area contributed by atoms with Gasteiger partial charge in [-0.05, 0) is 27.2 Å². The van der Waals surface area contributed by atoms with Crippen molar-refractivity contribution >= 4 is 11.9 Å². The summed E-state index contributed by atoms with van der Waals surface area (Å²) in [4.78, 5) is 23.2. The average molecular weight is 276 g/mol. The van der Waals surface area contributed by atoms with Crippen molar-refractivity contribution in [3.8, 4) is 0 Å². The fourth-order valence-electron chi connectivity index (χ4n) is 1.38. The summed E-state index contributed by atoms with van der Waals surface area (Å²) in [6.45, 7) is 7.62. The number of hydrogen-bond acceptors (Lipinski definition) is 6. The fourth-order valence-corrected chi connectivity index (χ4v) is 1.38. The van der Waals surface area contributed by atoms with Gasteiger partial charge in [0.2, 0.25) is 0 Å². The smallest absolute Gasteiger partial charge is 0.320 e. The standard InChI is InChI=1S/C13H24O6/c1-4-16-9-10-17-8-7-11(12(14)18-5-2)13(15)19-6-3/h11H,4-10H2,1-3H3. The minimum absolute atomic E-state index is 0.236. The van der Waals surface area contributed by atoms with Gasteiger partial charge in [0.15, 0.2) is 5.92 Å². The Morgan fingerprint density at radius 1 is 0.789 bits per heavy atom. The molecule has 112 valence electrons. The first-order valence-electron chi connectivity index (χ1n) is 6.66. The van der Waals surface area contributed by atoms with E-state index in [1.165, 1.54) is 0 Å². The fraction of sp³-hybridized carbons (Fsp3) is 0.846. The zero-order chi connectivity index (χ0) is 14.5. The maximum Gasteiger partial charge on any atom is 0.320 e. The van der Waals surface area contributed by atoms with E-state index < -0.39 is 17.9 Å². The van der Waals surface area contributed by atoms with Gasteiger partial charge in [-0.2, -0.15) is 0 Å². The third-order valence-corrected chi connectivity index (χ3v) is 2.27. The summed E-state index contributed by atoms with van der Waals surface area (Å²) in [6, 6.07) is 0. The van der Waals surface area contributed by atoms with E-state index in [2.05, 4.69) is 0 Å². The Morgan fingerprint density at radius 3 is 1.79 bits per heavy atom. The zero-order valence-corrected chi connectivity index (χ0v) is 12.0. The first-order chi connectivity index (χ1) is 9.17. The lowest BCUT2D eigenvalue weighted by Crippen LogP contribution is -2.29. The van der Waals surface area contributed by atoms with Crippen LogP contribution >= 0.6 is 0 Å². The Bertz CT molecular complexity index is 236. The van der Waals surface area contributed by atoms with Gasteiger partial charge in [-0.25, -0.2) is 0 Å². The molecule has 0 aliphatic heterocycles. The van der Waals surface area contributed by atoms with Crippen LogP contribution in [-0.2, 0) is 28.5 Å². The maximum atomic E-state index is 11.6. The molecule has 0 saturated heterocycles. The van der Waals surface area contributed by atoms with Gasteiger partial charge in [-0.15, -0.1) is 0 Å². The molecule has 0 aromatic heterocycles. The molecule has 0 amide bonds. The summed E-state index contributed by atoms with van der Waals surface area (Å²) in [5.41, 5.74) is 0. The highest BCUT2D eigenvalue weighted by atomic mass is 16.6. The first kappa shape index (κ1) is 17.9. The Kier molecular flexibility index (Phi) is 11.2. The molecule has 0 saturated carbocycles. The quantitative estimate of drug-likeness (QED) is 0.320. The number of esters is 2. The summed E-state index contributed by atoms with van der Waals surface area (Å²) in [6.07, 6.45) is 0.254. The lowest BCUT2D eigenvalue weighted by Gasteiger charge is -2.14. The molecule has 0 atom stereocenters. The monoisotopic (exact) mass is 276 g/mol. The molecule has 0 spiro atoms. The molecular weight excluding hydrogens is 252 g/mol. The third-order valence-electron chi connectivity index (χ3n) is 2.27. The summed E-state index contributed by atoms with van der Waals surface area (Å²) in [7, 11) is 0. The van der Waals surface area contributed by atoms with E-state index in [0.29, 0.717) is 19.8 Å². The molecule has 0 aromatic rings. The summed E-state index contributed by atoms with van der Waals surface area (Å²) < 4.78 is 20.1. The van der Waals surface area contributed by atoms with Gasteiger partial charge in [0, 0.05) is 13.2 Å². The van der Waals surface area contributed by atoms with Gasteiger partial charge in [-0.3, -0.25) is 9.59 Å². The van der Waals surface area contributed by atoms with Crippen LogP contribution in [-0.4, -0.2) is 51.6 Å². The van der Waals surface area contributed by atoms with E-state index in [-0.39, 0.29) is 26.2 Å². The van der Waals surface area contributed by atoms with E-state index in [1.54, 1.807) is 13.8 Å². The first-order valence-corrected chi connectivity index (χ1v) is 6.66.